The van der Waals surface area contributed by atoms with Crippen LogP contribution >= 0.6 is 0 Å². The Hall–Kier alpha value is -2.52. The lowest BCUT2D eigenvalue weighted by Gasteiger charge is -2.53. The van der Waals surface area contributed by atoms with Crippen LogP contribution in [0.5, 0.6) is 5.75 Å². The lowest BCUT2D eigenvalue weighted by molar-refractivity contribution is -0.0740. The normalized spacial score (nSPS) is 32.8. The van der Waals surface area contributed by atoms with Crippen molar-refractivity contribution in [2.24, 2.45) is 5.92 Å². The SMILES string of the molecule is C[C@H]1CN(C(=O)OC(C)(C)C)C[C@H](C)N1[C@@H]1Oc2cccc(C(=O)O)c2N1C1CN2CCC1CC2. The molecule has 4 fully saturated rings. The van der Waals surface area contributed by atoms with Gasteiger partial charge in [0.05, 0.1) is 11.3 Å². The Kier molecular flexibility index (Phi) is 6.12. The van der Waals surface area contributed by atoms with Crippen molar-refractivity contribution < 1.29 is 24.2 Å². The van der Waals surface area contributed by atoms with Gasteiger partial charge in [-0.25, -0.2) is 14.5 Å². The first kappa shape index (κ1) is 24.2. The number of hydrogen-bond acceptors (Lipinski definition) is 7. The molecule has 4 saturated heterocycles. The topological polar surface area (TPSA) is 85.8 Å². The summed E-state index contributed by atoms with van der Waals surface area (Å²) in [5, 5.41) is 10.0. The van der Waals surface area contributed by atoms with Crippen molar-refractivity contribution in [3.05, 3.63) is 23.8 Å². The van der Waals surface area contributed by atoms with Gasteiger partial charge < -0.3 is 29.3 Å². The van der Waals surface area contributed by atoms with Gasteiger partial charge >= 0.3 is 12.1 Å². The van der Waals surface area contributed by atoms with E-state index in [0.717, 1.165) is 32.5 Å². The quantitative estimate of drug-likeness (QED) is 0.697. The number of carboxylic acid groups (broad SMARTS) is 1. The van der Waals surface area contributed by atoms with Crippen LogP contribution in [0.3, 0.4) is 0 Å². The molecule has 35 heavy (non-hydrogen) atoms. The summed E-state index contributed by atoms with van der Waals surface area (Å²) < 4.78 is 12.2. The molecule has 9 heteroatoms. The molecule has 0 aliphatic carbocycles. The number of para-hydroxylation sites is 1. The minimum atomic E-state index is -0.937. The van der Waals surface area contributed by atoms with Crippen molar-refractivity contribution in [1.29, 1.82) is 0 Å². The predicted molar refractivity (Wildman–Crippen MR) is 132 cm³/mol. The largest absolute Gasteiger partial charge is 0.478 e. The fourth-order valence-corrected chi connectivity index (χ4v) is 6.37. The third-order valence-corrected chi connectivity index (χ3v) is 7.83. The number of piperazine rings is 1. The number of aromatic carboxylic acids is 1. The average Bonchev–Trinajstić information content (AvgIpc) is 3.17. The third-order valence-electron chi connectivity index (χ3n) is 7.83. The molecule has 0 saturated carbocycles. The number of ether oxygens (including phenoxy) is 2. The molecule has 0 radical (unpaired) electrons. The van der Waals surface area contributed by atoms with Crippen LogP contribution in [-0.4, -0.2) is 94.7 Å². The monoisotopic (exact) mass is 486 g/mol. The molecule has 1 aromatic rings. The number of amides is 1. The van der Waals surface area contributed by atoms with Gasteiger partial charge in [0, 0.05) is 37.8 Å². The van der Waals surface area contributed by atoms with Crippen LogP contribution < -0.4 is 9.64 Å². The number of benzene rings is 1. The second kappa shape index (κ2) is 8.85. The molecule has 1 aromatic carbocycles. The Morgan fingerprint density at radius 1 is 1.06 bits per heavy atom. The Labute approximate surface area is 207 Å². The molecular weight excluding hydrogens is 448 g/mol. The van der Waals surface area contributed by atoms with E-state index < -0.39 is 17.9 Å². The van der Waals surface area contributed by atoms with Crippen LogP contribution in [0.1, 0.15) is 57.8 Å². The second-order valence-corrected chi connectivity index (χ2v) is 11.5. The van der Waals surface area contributed by atoms with Gasteiger partial charge in [-0.05, 0) is 78.6 Å². The molecule has 0 aromatic heterocycles. The summed E-state index contributed by atoms with van der Waals surface area (Å²) in [6.45, 7) is 14.0. The Balaban J connectivity index is 1.46. The van der Waals surface area contributed by atoms with E-state index in [0.29, 0.717) is 30.4 Å². The van der Waals surface area contributed by atoms with Gasteiger partial charge in [-0.2, -0.15) is 0 Å². The van der Waals surface area contributed by atoms with Crippen LogP contribution in [0.25, 0.3) is 0 Å². The Morgan fingerprint density at radius 3 is 2.26 bits per heavy atom. The van der Waals surface area contributed by atoms with E-state index in [4.69, 9.17) is 9.47 Å². The zero-order valence-electron chi connectivity index (χ0n) is 21.4. The van der Waals surface area contributed by atoms with E-state index in [1.807, 2.05) is 26.8 Å². The van der Waals surface area contributed by atoms with E-state index in [1.165, 1.54) is 0 Å². The average molecular weight is 487 g/mol. The van der Waals surface area contributed by atoms with Crippen molar-refractivity contribution in [2.45, 2.75) is 77.5 Å². The summed E-state index contributed by atoms with van der Waals surface area (Å²) in [6.07, 6.45) is 1.53. The lowest BCUT2D eigenvalue weighted by atomic mass is 9.82. The molecule has 5 aliphatic heterocycles. The maximum Gasteiger partial charge on any atom is 0.410 e. The molecular formula is C26H38N4O5. The second-order valence-electron chi connectivity index (χ2n) is 11.5. The lowest BCUT2D eigenvalue weighted by Crippen LogP contribution is -2.68. The zero-order chi connectivity index (χ0) is 25.1. The molecule has 1 N–H and O–H groups in total. The fourth-order valence-electron chi connectivity index (χ4n) is 6.37. The first-order valence-electron chi connectivity index (χ1n) is 12.8. The zero-order valence-corrected chi connectivity index (χ0v) is 21.4. The fraction of sp³-hybridized carbons (Fsp3) is 0.692. The maximum atomic E-state index is 12.8. The van der Waals surface area contributed by atoms with Gasteiger partial charge in [0.15, 0.2) is 0 Å². The van der Waals surface area contributed by atoms with E-state index in [1.54, 1.807) is 17.0 Å². The number of fused-ring (bicyclic) bond motifs is 4. The minimum Gasteiger partial charge on any atom is -0.478 e. The van der Waals surface area contributed by atoms with Crippen molar-refractivity contribution in [1.82, 2.24) is 14.7 Å². The van der Waals surface area contributed by atoms with Gasteiger partial charge in [0.1, 0.15) is 11.4 Å². The molecule has 6 rings (SSSR count). The summed E-state index contributed by atoms with van der Waals surface area (Å²) in [6, 6.07) is 5.50. The van der Waals surface area contributed by atoms with Gasteiger partial charge in [0.2, 0.25) is 6.35 Å². The van der Waals surface area contributed by atoms with Gasteiger partial charge in [-0.3, -0.25) is 0 Å². The first-order valence-corrected chi connectivity index (χ1v) is 12.8. The maximum absolute atomic E-state index is 12.8. The number of carbonyl (C=O) groups is 2. The third kappa shape index (κ3) is 4.44. The molecule has 1 amide bonds. The van der Waals surface area contributed by atoms with Crippen molar-refractivity contribution in [3.63, 3.8) is 0 Å². The molecule has 2 bridgehead atoms. The Morgan fingerprint density at radius 2 is 1.71 bits per heavy atom. The highest BCUT2D eigenvalue weighted by Crippen LogP contribution is 2.46. The predicted octanol–water partition coefficient (Wildman–Crippen LogP) is 3.29. The Bertz CT molecular complexity index is 974. The van der Waals surface area contributed by atoms with Crippen molar-refractivity contribution in [2.75, 3.05) is 37.6 Å². The number of nitrogens with zero attached hydrogens (tertiary/aromatic N) is 4. The van der Waals surface area contributed by atoms with Crippen LogP contribution in [0.4, 0.5) is 10.5 Å². The number of hydrogen-bond donors (Lipinski definition) is 1. The van der Waals surface area contributed by atoms with Gasteiger partial charge in [-0.1, -0.05) is 6.07 Å². The van der Waals surface area contributed by atoms with E-state index >= 15 is 0 Å². The summed E-state index contributed by atoms with van der Waals surface area (Å²) >= 11 is 0. The number of piperidine rings is 3. The highest BCUT2D eigenvalue weighted by Gasteiger charge is 2.50. The number of rotatable bonds is 3. The molecule has 4 atom stereocenters. The summed E-state index contributed by atoms with van der Waals surface area (Å²) in [5.74, 6) is 0.195. The molecule has 5 heterocycles. The van der Waals surface area contributed by atoms with Crippen molar-refractivity contribution >= 4 is 17.7 Å². The first-order chi connectivity index (χ1) is 16.5. The molecule has 9 nitrogen and oxygen atoms in total. The van der Waals surface area contributed by atoms with Crippen LogP contribution in [-0.2, 0) is 4.74 Å². The minimum absolute atomic E-state index is 0.00226. The van der Waals surface area contributed by atoms with Crippen LogP contribution in [0.2, 0.25) is 0 Å². The highest BCUT2D eigenvalue weighted by molar-refractivity contribution is 5.97. The highest BCUT2D eigenvalue weighted by atomic mass is 16.6. The summed E-state index contributed by atoms with van der Waals surface area (Å²) in [7, 11) is 0. The number of anilines is 1. The van der Waals surface area contributed by atoms with Gasteiger partial charge in [-0.15, -0.1) is 0 Å². The summed E-state index contributed by atoms with van der Waals surface area (Å²) in [4.78, 5) is 33.9. The van der Waals surface area contributed by atoms with Gasteiger partial charge in [0.25, 0.3) is 0 Å². The molecule has 5 aliphatic rings. The molecule has 1 unspecified atom stereocenters. The number of carboxylic acids is 1. The summed E-state index contributed by atoms with van der Waals surface area (Å²) in [5.41, 5.74) is 0.434. The van der Waals surface area contributed by atoms with Crippen LogP contribution in [0, 0.1) is 5.92 Å². The molecule has 192 valence electrons. The smallest absolute Gasteiger partial charge is 0.410 e. The standard InChI is InChI=1S/C26H38N4O5/c1-16-13-28(25(33)35-26(3,4)5)14-17(2)29(16)24-30(20-15-27-11-9-18(20)10-12-27)22-19(23(31)32)7-6-8-21(22)34-24/h6-8,16-18,20,24H,9-15H2,1-5H3,(H,31,32)/t16-,17-,20?,24-/m0/s1. The van der Waals surface area contributed by atoms with E-state index in [-0.39, 0.29) is 29.8 Å². The van der Waals surface area contributed by atoms with Crippen molar-refractivity contribution in [3.8, 4) is 5.75 Å². The number of carbonyl (C=O) groups excluding carboxylic acids is 1. The van der Waals surface area contributed by atoms with E-state index in [2.05, 4.69) is 28.5 Å². The van der Waals surface area contributed by atoms with E-state index in [9.17, 15) is 14.7 Å². The molecule has 0 spiro atoms. The van der Waals surface area contributed by atoms with Crippen LogP contribution in [0.15, 0.2) is 18.2 Å².